The number of benzene rings is 6. The molecule has 50 heavy (non-hydrogen) atoms. The molecule has 0 radical (unpaired) electrons. The van der Waals surface area contributed by atoms with Gasteiger partial charge in [0.2, 0.25) is 0 Å². The van der Waals surface area contributed by atoms with Crippen molar-refractivity contribution >= 4 is 50.6 Å². The number of para-hydroxylation sites is 1. The average Bonchev–Trinajstić information content (AvgIpc) is 3.91. The van der Waals surface area contributed by atoms with Crippen LogP contribution in [-0.2, 0) is 0 Å². The summed E-state index contributed by atoms with van der Waals surface area (Å²) in [5, 5.41) is 13.1. The smallest absolute Gasteiger partial charge is 0.185 e. The fourth-order valence-electron chi connectivity index (χ4n) is 8.62. The van der Waals surface area contributed by atoms with Crippen LogP contribution < -0.4 is 25.5 Å². The van der Waals surface area contributed by atoms with E-state index < -0.39 is 8.07 Å². The molecule has 11 rings (SSSR count). The van der Waals surface area contributed by atoms with Gasteiger partial charge in [0.05, 0.1) is 28.6 Å². The molecule has 5 nitrogen and oxygen atoms in total. The topological polar surface area (TPSA) is 44.9 Å². The molecular formula is C44H28N4OSi. The number of hydrogen-bond donors (Lipinski definition) is 0. The van der Waals surface area contributed by atoms with Crippen LogP contribution in [0, 0.1) is 0 Å². The molecule has 2 aliphatic heterocycles. The van der Waals surface area contributed by atoms with Crippen LogP contribution >= 0.6 is 0 Å². The van der Waals surface area contributed by atoms with Crippen molar-refractivity contribution in [2.45, 2.75) is 0 Å². The molecule has 0 atom stereocenters. The Hall–Kier alpha value is -6.50. The van der Waals surface area contributed by atoms with Crippen LogP contribution in [0.4, 0.5) is 0 Å². The monoisotopic (exact) mass is 656 g/mol. The largest absolute Gasteiger partial charge is 0.457 e. The SMILES string of the molecule is c1ccc(-n2c3ccccc3c3ccc(Oc4cccc(-n5ncc6c5-c5ccccc5[Si]65c6ccccc6-c6ccccc65)c4)cc32)nc1. The number of fused-ring (bicyclic) bond motifs is 13. The second-order valence-electron chi connectivity index (χ2n) is 13.0. The predicted molar refractivity (Wildman–Crippen MR) is 204 cm³/mol. The third kappa shape index (κ3) is 3.60. The van der Waals surface area contributed by atoms with Gasteiger partial charge >= 0.3 is 0 Å². The number of rotatable bonds is 4. The molecule has 9 aromatic rings. The lowest BCUT2D eigenvalue weighted by atomic mass is 10.1. The lowest BCUT2D eigenvalue weighted by molar-refractivity contribution is 0.483. The van der Waals surface area contributed by atoms with Crippen molar-refractivity contribution in [3.63, 3.8) is 0 Å². The van der Waals surface area contributed by atoms with Gasteiger partial charge in [0.25, 0.3) is 0 Å². The van der Waals surface area contributed by atoms with Crippen molar-refractivity contribution in [2.24, 2.45) is 0 Å². The van der Waals surface area contributed by atoms with E-state index in [0.717, 1.165) is 39.4 Å². The highest BCUT2D eigenvalue weighted by molar-refractivity contribution is 7.24. The van der Waals surface area contributed by atoms with Crippen molar-refractivity contribution in [3.8, 4) is 45.4 Å². The molecule has 5 heterocycles. The van der Waals surface area contributed by atoms with Gasteiger partial charge in [-0.05, 0) is 69.2 Å². The third-order valence-corrected chi connectivity index (χ3v) is 15.4. The van der Waals surface area contributed by atoms with Gasteiger partial charge in [-0.25, -0.2) is 9.67 Å². The molecule has 0 aliphatic carbocycles. The summed E-state index contributed by atoms with van der Waals surface area (Å²) >= 11 is 0. The maximum atomic E-state index is 6.62. The van der Waals surface area contributed by atoms with Gasteiger partial charge in [0.15, 0.2) is 8.07 Å². The van der Waals surface area contributed by atoms with E-state index in [4.69, 9.17) is 9.84 Å². The molecule has 6 aromatic carbocycles. The Morgan fingerprint density at radius 3 is 1.94 bits per heavy atom. The number of aromatic nitrogens is 4. The molecule has 234 valence electrons. The van der Waals surface area contributed by atoms with E-state index in [1.54, 1.807) is 0 Å². The molecule has 0 saturated carbocycles. The van der Waals surface area contributed by atoms with Crippen molar-refractivity contribution in [3.05, 3.63) is 170 Å². The molecule has 0 unspecified atom stereocenters. The quantitative estimate of drug-likeness (QED) is 0.185. The van der Waals surface area contributed by atoms with E-state index in [9.17, 15) is 0 Å². The van der Waals surface area contributed by atoms with E-state index in [-0.39, 0.29) is 0 Å². The molecule has 0 bridgehead atoms. The molecule has 0 saturated heterocycles. The third-order valence-electron chi connectivity index (χ3n) is 10.5. The van der Waals surface area contributed by atoms with Gasteiger partial charge in [-0.2, -0.15) is 5.10 Å². The zero-order valence-corrected chi connectivity index (χ0v) is 27.9. The van der Waals surface area contributed by atoms with E-state index in [2.05, 4.69) is 154 Å². The maximum Gasteiger partial charge on any atom is 0.185 e. The minimum Gasteiger partial charge on any atom is -0.457 e. The second kappa shape index (κ2) is 10.2. The van der Waals surface area contributed by atoms with Crippen molar-refractivity contribution in [1.29, 1.82) is 0 Å². The van der Waals surface area contributed by atoms with Crippen LogP contribution in [0.5, 0.6) is 11.5 Å². The molecule has 1 spiro atoms. The van der Waals surface area contributed by atoms with E-state index in [1.165, 1.54) is 48.5 Å². The summed E-state index contributed by atoms with van der Waals surface area (Å²) in [4.78, 5) is 4.69. The summed E-state index contributed by atoms with van der Waals surface area (Å²) < 4.78 is 10.9. The van der Waals surface area contributed by atoms with Crippen molar-refractivity contribution < 1.29 is 4.74 Å². The minimum absolute atomic E-state index is 0.751. The molecule has 0 amide bonds. The normalized spacial score (nSPS) is 13.4. The van der Waals surface area contributed by atoms with Crippen molar-refractivity contribution in [1.82, 2.24) is 19.3 Å². The van der Waals surface area contributed by atoms with Gasteiger partial charge in [-0.3, -0.25) is 4.57 Å². The highest BCUT2D eigenvalue weighted by atomic mass is 28.3. The van der Waals surface area contributed by atoms with Gasteiger partial charge in [0.1, 0.15) is 17.3 Å². The van der Waals surface area contributed by atoms with Crippen LogP contribution in [-0.4, -0.2) is 27.4 Å². The van der Waals surface area contributed by atoms with E-state index in [0.29, 0.717) is 0 Å². The lowest BCUT2D eigenvalue weighted by Gasteiger charge is -2.26. The number of pyridine rings is 1. The second-order valence-corrected chi connectivity index (χ2v) is 16.7. The Bertz CT molecular complexity index is 2770. The first-order valence-electron chi connectivity index (χ1n) is 16.9. The van der Waals surface area contributed by atoms with Crippen LogP contribution in [0.2, 0.25) is 0 Å². The summed E-state index contributed by atoms with van der Waals surface area (Å²) in [6.07, 6.45) is 3.97. The molecular weight excluding hydrogens is 629 g/mol. The Labute approximate surface area is 289 Å². The van der Waals surface area contributed by atoms with Gasteiger partial charge in [-0.15, -0.1) is 0 Å². The van der Waals surface area contributed by atoms with Gasteiger partial charge < -0.3 is 4.74 Å². The Morgan fingerprint density at radius 1 is 0.500 bits per heavy atom. The Morgan fingerprint density at radius 2 is 1.16 bits per heavy atom. The van der Waals surface area contributed by atoms with Crippen LogP contribution in [0.15, 0.2) is 170 Å². The molecule has 0 fully saturated rings. The van der Waals surface area contributed by atoms with Gasteiger partial charge in [-0.1, -0.05) is 103 Å². The number of ether oxygens (including phenoxy) is 1. The first-order valence-corrected chi connectivity index (χ1v) is 18.9. The highest BCUT2D eigenvalue weighted by Gasteiger charge is 2.55. The molecule has 0 N–H and O–H groups in total. The maximum absolute atomic E-state index is 6.62. The molecule has 2 aliphatic rings. The molecule has 3 aromatic heterocycles. The van der Waals surface area contributed by atoms with Crippen LogP contribution in [0.25, 0.3) is 55.7 Å². The minimum atomic E-state index is -2.53. The Kier molecular flexibility index (Phi) is 5.63. The number of nitrogens with zero attached hydrogens (tertiary/aromatic N) is 4. The number of hydrogen-bond acceptors (Lipinski definition) is 3. The van der Waals surface area contributed by atoms with Crippen LogP contribution in [0.3, 0.4) is 0 Å². The average molecular weight is 657 g/mol. The summed E-state index contributed by atoms with van der Waals surface area (Å²) in [6.45, 7) is 0. The summed E-state index contributed by atoms with van der Waals surface area (Å²) in [5.41, 5.74) is 8.26. The Balaban J connectivity index is 1.04. The standard InChI is InChI=1S/C44H28N4OSi/c1-5-18-37-32(14-1)33-24-23-31(27-38(33)47(37)43-22-9-10-25-45-43)49-30-13-11-12-29(26-30)48-44-36-17-4-8-21-41(36)50(42(44)28-46-48)39-19-6-2-15-34(39)35-16-3-7-20-40(35)50/h1-28H. The summed E-state index contributed by atoms with van der Waals surface area (Å²) in [6, 6.07) is 56.0. The zero-order valence-electron chi connectivity index (χ0n) is 26.9. The lowest BCUT2D eigenvalue weighted by Crippen LogP contribution is -2.70. The highest BCUT2D eigenvalue weighted by Crippen LogP contribution is 2.38. The first-order chi connectivity index (χ1) is 24.8. The summed E-state index contributed by atoms with van der Waals surface area (Å²) in [7, 11) is -2.53. The zero-order chi connectivity index (χ0) is 32.8. The van der Waals surface area contributed by atoms with Crippen molar-refractivity contribution in [2.75, 3.05) is 0 Å². The fraction of sp³-hybridized carbons (Fsp3) is 0. The van der Waals surface area contributed by atoms with Gasteiger partial charge in [0, 0.05) is 39.9 Å². The fourth-order valence-corrected chi connectivity index (χ4v) is 14.1. The van der Waals surface area contributed by atoms with E-state index in [1.807, 2.05) is 30.5 Å². The first kappa shape index (κ1) is 27.4. The van der Waals surface area contributed by atoms with E-state index >= 15 is 0 Å². The summed E-state index contributed by atoms with van der Waals surface area (Å²) in [5.74, 6) is 2.39. The van der Waals surface area contributed by atoms with Crippen LogP contribution in [0.1, 0.15) is 0 Å². The predicted octanol–water partition coefficient (Wildman–Crippen LogP) is 7.49. The molecule has 6 heteroatoms.